The Hall–Kier alpha value is -3.94. The second-order valence-electron chi connectivity index (χ2n) is 8.62. The van der Waals surface area contributed by atoms with E-state index < -0.39 is 35.6 Å². The molecular weight excluding hydrogens is 542 g/mol. The number of aryl methyl sites for hydroxylation is 2. The van der Waals surface area contributed by atoms with E-state index in [9.17, 15) is 14.4 Å². The highest BCUT2D eigenvalue weighted by atomic mass is 79.9. The number of hydrogen-bond acceptors (Lipinski definition) is 8. The first-order valence-electron chi connectivity index (χ1n) is 11.4. The van der Waals surface area contributed by atoms with Crippen LogP contribution < -0.4 is 11.0 Å². The summed E-state index contributed by atoms with van der Waals surface area (Å²) in [6.07, 6.45) is 5.63. The molecule has 1 aromatic heterocycles. The molecule has 3 atom stereocenters. The number of aromatic amines is 1. The minimum absolute atomic E-state index is 0.102. The molecule has 1 aliphatic rings. The normalized spacial score (nSPS) is 20.6. The van der Waals surface area contributed by atoms with Gasteiger partial charge in [0.05, 0.1) is 15.6 Å². The summed E-state index contributed by atoms with van der Waals surface area (Å²) >= 11 is 3.31. The van der Waals surface area contributed by atoms with Crippen LogP contribution in [0.25, 0.3) is 0 Å². The van der Waals surface area contributed by atoms with Crippen molar-refractivity contribution in [3.05, 3.63) is 91.9 Å². The van der Waals surface area contributed by atoms with Gasteiger partial charge in [0.2, 0.25) is 5.60 Å². The van der Waals surface area contributed by atoms with Crippen molar-refractivity contribution in [1.29, 1.82) is 0 Å². The number of esters is 2. The maximum atomic E-state index is 12.9. The minimum atomic E-state index is -1.59. The largest absolute Gasteiger partial charge is 0.458 e. The number of rotatable bonds is 7. The van der Waals surface area contributed by atoms with Crippen molar-refractivity contribution in [2.75, 3.05) is 11.9 Å². The summed E-state index contributed by atoms with van der Waals surface area (Å²) in [6, 6.07) is 13.7. The first kappa shape index (κ1) is 26.1. The van der Waals surface area contributed by atoms with Crippen molar-refractivity contribution in [3.8, 4) is 12.3 Å². The first-order valence-corrected chi connectivity index (χ1v) is 12.2. The van der Waals surface area contributed by atoms with Gasteiger partial charge in [-0.15, -0.1) is 6.42 Å². The molecule has 1 saturated heterocycles. The van der Waals surface area contributed by atoms with Crippen molar-refractivity contribution < 1.29 is 23.8 Å². The van der Waals surface area contributed by atoms with Crippen LogP contribution >= 0.6 is 15.9 Å². The summed E-state index contributed by atoms with van der Waals surface area (Å²) in [4.78, 5) is 43.6. The Balaban J connectivity index is 1.57. The van der Waals surface area contributed by atoms with Crippen LogP contribution in [0.4, 0.5) is 5.82 Å². The molecule has 190 valence electrons. The maximum absolute atomic E-state index is 12.9. The topological polar surface area (TPSA) is 120 Å². The van der Waals surface area contributed by atoms with E-state index in [0.29, 0.717) is 15.6 Å². The van der Waals surface area contributed by atoms with Crippen LogP contribution in [0.15, 0.2) is 64.0 Å². The minimum Gasteiger partial charge on any atom is -0.458 e. The van der Waals surface area contributed by atoms with E-state index in [1.807, 2.05) is 13.8 Å². The number of anilines is 1. The van der Waals surface area contributed by atoms with E-state index in [4.69, 9.17) is 20.6 Å². The molecule has 4 rings (SSSR count). The third kappa shape index (κ3) is 6.07. The Morgan fingerprint density at radius 3 is 2.32 bits per heavy atom. The molecular formula is C27H24BrN3O6. The summed E-state index contributed by atoms with van der Waals surface area (Å²) < 4.78 is 17.9. The number of hydrogen-bond donors (Lipinski definition) is 2. The lowest BCUT2D eigenvalue weighted by molar-refractivity contribution is -0.0778. The predicted molar refractivity (Wildman–Crippen MR) is 139 cm³/mol. The number of H-pyrrole nitrogens is 1. The molecule has 0 spiro atoms. The van der Waals surface area contributed by atoms with Gasteiger partial charge >= 0.3 is 17.6 Å². The molecule has 0 aliphatic carbocycles. The van der Waals surface area contributed by atoms with Crippen molar-refractivity contribution >= 4 is 33.7 Å². The van der Waals surface area contributed by atoms with Crippen LogP contribution in [-0.2, 0) is 14.2 Å². The Labute approximate surface area is 221 Å². The number of aromatic nitrogens is 2. The molecule has 1 fully saturated rings. The summed E-state index contributed by atoms with van der Waals surface area (Å²) in [5, 5.41) is 2.99. The van der Waals surface area contributed by atoms with Gasteiger partial charge in [-0.2, -0.15) is 4.98 Å². The van der Waals surface area contributed by atoms with Gasteiger partial charge in [0.1, 0.15) is 18.7 Å². The van der Waals surface area contributed by atoms with Gasteiger partial charge in [0.15, 0.2) is 6.10 Å². The molecule has 0 saturated carbocycles. The number of benzene rings is 2. The summed E-state index contributed by atoms with van der Waals surface area (Å²) in [5.74, 6) is 1.54. The Morgan fingerprint density at radius 2 is 1.73 bits per heavy atom. The highest BCUT2D eigenvalue weighted by molar-refractivity contribution is 9.10. The molecule has 2 aromatic carbocycles. The number of ether oxygens (including phenoxy) is 3. The van der Waals surface area contributed by atoms with Gasteiger partial charge in [-0.05, 0) is 54.0 Å². The van der Waals surface area contributed by atoms with Crippen molar-refractivity contribution in [3.63, 3.8) is 0 Å². The highest BCUT2D eigenvalue weighted by Gasteiger charge is 2.52. The fourth-order valence-electron chi connectivity index (χ4n) is 3.76. The molecule has 1 aliphatic heterocycles. The van der Waals surface area contributed by atoms with E-state index in [-0.39, 0.29) is 18.8 Å². The van der Waals surface area contributed by atoms with Gasteiger partial charge in [-0.25, -0.2) is 14.4 Å². The third-order valence-corrected chi connectivity index (χ3v) is 6.45. The fraction of sp³-hybridized carbons (Fsp3) is 0.259. The van der Waals surface area contributed by atoms with Crippen molar-refractivity contribution in [1.82, 2.24) is 9.97 Å². The van der Waals surface area contributed by atoms with Crippen molar-refractivity contribution in [2.45, 2.75) is 38.2 Å². The second kappa shape index (κ2) is 11.0. The van der Waals surface area contributed by atoms with Gasteiger partial charge in [-0.3, -0.25) is 0 Å². The molecule has 2 N–H and O–H groups in total. The quantitative estimate of drug-likeness (QED) is 0.328. The van der Waals surface area contributed by atoms with Gasteiger partial charge in [-0.1, -0.05) is 41.3 Å². The van der Waals surface area contributed by atoms with Gasteiger partial charge in [0.25, 0.3) is 0 Å². The molecule has 1 unspecified atom stereocenters. The number of halogens is 1. The number of nitrogens with one attached hydrogen (secondary N) is 2. The van der Waals surface area contributed by atoms with Crippen LogP contribution in [0.1, 0.15) is 38.3 Å². The third-order valence-electron chi connectivity index (χ3n) is 5.85. The molecule has 37 heavy (non-hydrogen) atoms. The van der Waals surface area contributed by atoms with Gasteiger partial charge in [0, 0.05) is 12.6 Å². The van der Waals surface area contributed by atoms with Crippen molar-refractivity contribution in [2.24, 2.45) is 0 Å². The van der Waals surface area contributed by atoms with E-state index in [1.165, 1.54) is 6.20 Å². The SMILES string of the molecule is C#C[C@]1(COC(=O)c2ccc(C)cc2)OC(Nc2nc(=O)[nH]cc2Br)C[C@@H]1OC(=O)c1ccc(C)cc1. The maximum Gasteiger partial charge on any atom is 0.346 e. The average Bonchev–Trinajstić information content (AvgIpc) is 3.22. The van der Waals surface area contributed by atoms with E-state index in [2.05, 4.69) is 37.1 Å². The highest BCUT2D eigenvalue weighted by Crippen LogP contribution is 2.35. The zero-order valence-corrected chi connectivity index (χ0v) is 21.7. The smallest absolute Gasteiger partial charge is 0.346 e. The molecule has 0 bridgehead atoms. The van der Waals surface area contributed by atoms with Crippen LogP contribution in [0, 0.1) is 26.2 Å². The molecule has 10 heteroatoms. The lowest BCUT2D eigenvalue weighted by Crippen LogP contribution is -2.45. The Morgan fingerprint density at radius 1 is 1.14 bits per heavy atom. The molecule has 9 nitrogen and oxygen atoms in total. The van der Waals surface area contributed by atoms with Gasteiger partial charge < -0.3 is 24.5 Å². The predicted octanol–water partition coefficient (Wildman–Crippen LogP) is 3.76. The monoisotopic (exact) mass is 565 g/mol. The standard InChI is InChI=1S/C27H24BrN3O6/c1-4-27(15-35-24(32)18-9-5-16(2)6-10-18)21(36-25(33)19-11-7-17(3)8-12-19)13-22(37-27)30-23-20(28)14-29-26(34)31-23/h1,5-12,14,21-22H,13,15H2,2-3H3,(H2,29,30,31,34)/t21-,22?,27+/m0/s1. The molecule has 2 heterocycles. The number of nitrogens with zero attached hydrogens (tertiary/aromatic N) is 1. The van der Waals surface area contributed by atoms with E-state index >= 15 is 0 Å². The molecule has 0 amide bonds. The summed E-state index contributed by atoms with van der Waals surface area (Å²) in [5.41, 5.74) is 0.501. The summed E-state index contributed by atoms with van der Waals surface area (Å²) in [6.45, 7) is 3.44. The number of carbonyl (C=O) groups is 2. The lowest BCUT2D eigenvalue weighted by Gasteiger charge is -2.28. The van der Waals surface area contributed by atoms with Crippen LogP contribution in [-0.4, -0.2) is 46.4 Å². The first-order chi connectivity index (χ1) is 17.7. The molecule has 3 aromatic rings. The lowest BCUT2D eigenvalue weighted by atomic mass is 9.98. The fourth-order valence-corrected chi connectivity index (χ4v) is 4.07. The van der Waals surface area contributed by atoms with Crippen LogP contribution in [0.5, 0.6) is 0 Å². The average molecular weight is 566 g/mol. The number of carbonyl (C=O) groups excluding carboxylic acids is 2. The zero-order chi connectivity index (χ0) is 26.6. The second-order valence-corrected chi connectivity index (χ2v) is 9.48. The molecule has 0 radical (unpaired) electrons. The Bertz CT molecular complexity index is 1400. The summed E-state index contributed by atoms with van der Waals surface area (Å²) in [7, 11) is 0. The zero-order valence-electron chi connectivity index (χ0n) is 20.1. The van der Waals surface area contributed by atoms with Crippen LogP contribution in [0.2, 0.25) is 0 Å². The van der Waals surface area contributed by atoms with E-state index in [0.717, 1.165) is 11.1 Å². The van der Waals surface area contributed by atoms with Crippen LogP contribution in [0.3, 0.4) is 0 Å². The number of terminal acetylenes is 1. The Kier molecular flexibility index (Phi) is 7.76. The van der Waals surface area contributed by atoms with E-state index in [1.54, 1.807) is 48.5 Å².